The van der Waals surface area contributed by atoms with E-state index in [1.807, 2.05) is 53.0 Å². The summed E-state index contributed by atoms with van der Waals surface area (Å²) in [5.74, 6) is 5.96. The molecule has 1 saturated heterocycles. The number of aromatic nitrogens is 1. The molecule has 6 nitrogen and oxygen atoms in total. The van der Waals surface area contributed by atoms with Crippen LogP contribution in [-0.4, -0.2) is 36.9 Å². The van der Waals surface area contributed by atoms with Crippen molar-refractivity contribution in [3.05, 3.63) is 29.4 Å². The minimum atomic E-state index is -0.371. The topological polar surface area (TPSA) is 81.4 Å². The van der Waals surface area contributed by atoms with Crippen LogP contribution in [0.15, 0.2) is 23.8 Å². The van der Waals surface area contributed by atoms with Crippen molar-refractivity contribution in [3.8, 4) is 0 Å². The van der Waals surface area contributed by atoms with Gasteiger partial charge in [-0.2, -0.15) is 0 Å². The van der Waals surface area contributed by atoms with Crippen LogP contribution in [0.25, 0.3) is 6.08 Å². The summed E-state index contributed by atoms with van der Waals surface area (Å²) in [5, 5.41) is 3.16. The van der Waals surface area contributed by atoms with Gasteiger partial charge in [0.05, 0.1) is 11.2 Å². The molecule has 1 aliphatic heterocycles. The van der Waals surface area contributed by atoms with Crippen molar-refractivity contribution in [3.63, 3.8) is 0 Å². The molecule has 0 unspecified atom stereocenters. The van der Waals surface area contributed by atoms with E-state index < -0.39 is 0 Å². The van der Waals surface area contributed by atoms with Crippen LogP contribution in [0.3, 0.4) is 0 Å². The van der Waals surface area contributed by atoms with Gasteiger partial charge in [-0.05, 0) is 57.9 Å². The Kier molecular flexibility index (Phi) is 4.92. The predicted octanol–water partition coefficient (Wildman–Crippen LogP) is 1.60. The van der Waals surface area contributed by atoms with Gasteiger partial charge in [0.2, 0.25) is 0 Å². The molecule has 0 spiro atoms. The molecule has 0 atom stereocenters. The average molecular weight is 304 g/mol. The highest BCUT2D eigenvalue weighted by atomic mass is 16.7. The zero-order valence-electron chi connectivity index (χ0n) is 13.9. The number of nitrogens with two attached hydrogens (primary N) is 1. The Morgan fingerprint density at radius 3 is 2.36 bits per heavy atom. The molecule has 22 heavy (non-hydrogen) atoms. The van der Waals surface area contributed by atoms with E-state index in [9.17, 15) is 0 Å². The number of likely N-dealkylation sites (N-methyl/N-ethyl adjacent to an activating group) is 1. The Balaban J connectivity index is 2.24. The van der Waals surface area contributed by atoms with Gasteiger partial charge in [-0.1, -0.05) is 6.08 Å². The molecule has 120 valence electrons. The SMILES string of the molecule is CNCC(=Cc1ccc(NN)nc1)B1OC(C)(C)C(C)(C)O1. The molecule has 2 rings (SSSR count). The molecule has 1 aromatic heterocycles. The van der Waals surface area contributed by atoms with E-state index in [4.69, 9.17) is 15.2 Å². The van der Waals surface area contributed by atoms with Gasteiger partial charge in [0, 0.05) is 12.7 Å². The highest BCUT2D eigenvalue weighted by Gasteiger charge is 2.52. The van der Waals surface area contributed by atoms with E-state index >= 15 is 0 Å². The highest BCUT2D eigenvalue weighted by molar-refractivity contribution is 6.55. The lowest BCUT2D eigenvalue weighted by molar-refractivity contribution is 0.00578. The largest absolute Gasteiger partial charge is 0.491 e. The number of anilines is 1. The van der Waals surface area contributed by atoms with Crippen molar-refractivity contribution >= 4 is 19.0 Å². The van der Waals surface area contributed by atoms with Crippen molar-refractivity contribution < 1.29 is 9.31 Å². The average Bonchev–Trinajstić information content (AvgIpc) is 2.68. The number of nitrogens with one attached hydrogen (secondary N) is 2. The van der Waals surface area contributed by atoms with Gasteiger partial charge in [0.15, 0.2) is 0 Å². The molecule has 1 aromatic rings. The summed E-state index contributed by atoms with van der Waals surface area (Å²) in [5.41, 5.74) is 3.81. The van der Waals surface area contributed by atoms with Crippen LogP contribution in [-0.2, 0) is 9.31 Å². The second-order valence-corrected chi connectivity index (χ2v) is 6.46. The summed E-state index contributed by atoms with van der Waals surface area (Å²) >= 11 is 0. The third kappa shape index (κ3) is 3.49. The highest BCUT2D eigenvalue weighted by Crippen LogP contribution is 2.38. The molecule has 1 aliphatic rings. The molecule has 0 aliphatic carbocycles. The van der Waals surface area contributed by atoms with E-state index in [-0.39, 0.29) is 18.3 Å². The number of pyridine rings is 1. The van der Waals surface area contributed by atoms with Crippen molar-refractivity contribution in [2.75, 3.05) is 19.0 Å². The summed E-state index contributed by atoms with van der Waals surface area (Å²) in [4.78, 5) is 4.21. The first-order chi connectivity index (χ1) is 10.3. The molecule has 0 aromatic carbocycles. The molecule has 7 heteroatoms. The molecule has 0 amide bonds. The summed E-state index contributed by atoms with van der Waals surface area (Å²) in [7, 11) is 1.53. The van der Waals surface area contributed by atoms with Gasteiger partial charge in [-0.3, -0.25) is 0 Å². The molecule has 1 fully saturated rings. The quantitative estimate of drug-likeness (QED) is 0.435. The van der Waals surface area contributed by atoms with Crippen molar-refractivity contribution in [1.82, 2.24) is 10.3 Å². The standard InChI is InChI=1S/C15H25BN4O2/c1-14(2)15(3,4)22-16(21-14)12(10-18-5)8-11-6-7-13(20-17)19-9-11/h6-9,18H,10,17H2,1-5H3,(H,19,20). The molecular weight excluding hydrogens is 279 g/mol. The second kappa shape index (κ2) is 6.38. The van der Waals surface area contributed by atoms with Gasteiger partial charge >= 0.3 is 7.12 Å². The van der Waals surface area contributed by atoms with Crippen LogP contribution in [0, 0.1) is 0 Å². The van der Waals surface area contributed by atoms with Crippen LogP contribution in [0.1, 0.15) is 33.3 Å². The van der Waals surface area contributed by atoms with Crippen molar-refractivity contribution in [1.29, 1.82) is 0 Å². The van der Waals surface area contributed by atoms with Crippen LogP contribution in [0.5, 0.6) is 0 Å². The first kappa shape index (κ1) is 17.0. The Morgan fingerprint density at radius 1 is 1.27 bits per heavy atom. The lowest BCUT2D eigenvalue weighted by Crippen LogP contribution is -2.41. The van der Waals surface area contributed by atoms with Gasteiger partial charge < -0.3 is 20.1 Å². The minimum Gasteiger partial charge on any atom is -0.400 e. The molecule has 0 bridgehead atoms. The van der Waals surface area contributed by atoms with Crippen LogP contribution >= 0.6 is 0 Å². The fourth-order valence-electron chi connectivity index (χ4n) is 2.19. The van der Waals surface area contributed by atoms with Gasteiger partial charge in [-0.15, -0.1) is 0 Å². The van der Waals surface area contributed by atoms with Crippen molar-refractivity contribution in [2.24, 2.45) is 5.84 Å². The maximum atomic E-state index is 6.11. The normalized spacial score (nSPS) is 20.3. The van der Waals surface area contributed by atoms with E-state index in [0.29, 0.717) is 12.4 Å². The lowest BCUT2D eigenvalue weighted by Gasteiger charge is -2.32. The first-order valence-corrected chi connectivity index (χ1v) is 7.42. The van der Waals surface area contributed by atoms with Crippen molar-refractivity contribution in [2.45, 2.75) is 38.9 Å². The number of hydrogen-bond acceptors (Lipinski definition) is 6. The Morgan fingerprint density at radius 2 is 1.91 bits per heavy atom. The monoisotopic (exact) mass is 304 g/mol. The fraction of sp³-hybridized carbons (Fsp3) is 0.533. The predicted molar refractivity (Wildman–Crippen MR) is 90.0 cm³/mol. The van der Waals surface area contributed by atoms with Gasteiger partial charge in [-0.25, -0.2) is 10.8 Å². The van der Waals surface area contributed by atoms with Gasteiger partial charge in [0.25, 0.3) is 0 Å². The Bertz CT molecular complexity index is 527. The third-order valence-corrected chi connectivity index (χ3v) is 4.22. The lowest BCUT2D eigenvalue weighted by atomic mass is 9.77. The molecule has 0 radical (unpaired) electrons. The number of nitrogens with zero attached hydrogens (tertiary/aromatic N) is 1. The number of hydrazine groups is 1. The van der Waals surface area contributed by atoms with Crippen LogP contribution < -0.4 is 16.6 Å². The second-order valence-electron chi connectivity index (χ2n) is 6.46. The minimum absolute atomic E-state index is 0.351. The van der Waals surface area contributed by atoms with E-state index in [1.165, 1.54) is 0 Å². The zero-order chi connectivity index (χ0) is 16.4. The Labute approximate surface area is 132 Å². The molecule has 2 heterocycles. The molecular formula is C15H25BN4O2. The first-order valence-electron chi connectivity index (χ1n) is 7.42. The van der Waals surface area contributed by atoms with Crippen LogP contribution in [0.2, 0.25) is 0 Å². The summed E-state index contributed by atoms with van der Waals surface area (Å²) in [6, 6.07) is 3.77. The maximum Gasteiger partial charge on any atom is 0.491 e. The molecule has 0 saturated carbocycles. The van der Waals surface area contributed by atoms with E-state index in [0.717, 1.165) is 11.0 Å². The number of rotatable bonds is 5. The zero-order valence-corrected chi connectivity index (χ0v) is 13.9. The van der Waals surface area contributed by atoms with Gasteiger partial charge in [0.1, 0.15) is 5.82 Å². The Hall–Kier alpha value is -1.41. The smallest absolute Gasteiger partial charge is 0.400 e. The van der Waals surface area contributed by atoms with Crippen LogP contribution in [0.4, 0.5) is 5.82 Å². The number of nitrogen functional groups attached to an aromatic ring is 1. The summed E-state index contributed by atoms with van der Waals surface area (Å²) in [6.07, 6.45) is 3.79. The summed E-state index contributed by atoms with van der Waals surface area (Å²) < 4.78 is 12.2. The summed E-state index contributed by atoms with van der Waals surface area (Å²) in [6.45, 7) is 8.87. The maximum absolute atomic E-state index is 6.11. The number of hydrogen-bond donors (Lipinski definition) is 3. The third-order valence-electron chi connectivity index (χ3n) is 4.22. The van der Waals surface area contributed by atoms with E-state index in [1.54, 1.807) is 6.20 Å². The fourth-order valence-corrected chi connectivity index (χ4v) is 2.19. The van der Waals surface area contributed by atoms with E-state index in [2.05, 4.69) is 15.7 Å². The molecule has 4 N–H and O–H groups in total.